The van der Waals surface area contributed by atoms with Crippen molar-refractivity contribution in [3.63, 3.8) is 0 Å². The topological polar surface area (TPSA) is 66.7 Å². The second-order valence-corrected chi connectivity index (χ2v) is 6.64. The van der Waals surface area contributed by atoms with E-state index >= 15 is 0 Å². The maximum absolute atomic E-state index is 12.9. The number of rotatable bonds is 2. The molecule has 3 amide bonds. The van der Waals surface area contributed by atoms with Crippen LogP contribution in [0.25, 0.3) is 5.65 Å². The molecule has 2 atom stereocenters. The predicted octanol–water partition coefficient (Wildman–Crippen LogP) is 2.33. The third-order valence-electron chi connectivity index (χ3n) is 5.24. The number of hydrogen-bond acceptors (Lipinski definition) is 3. The summed E-state index contributed by atoms with van der Waals surface area (Å²) < 4.78 is 1.90. The first-order chi connectivity index (χ1) is 11.1. The van der Waals surface area contributed by atoms with Crippen LogP contribution in [0, 0.1) is 5.92 Å². The van der Waals surface area contributed by atoms with Crippen LogP contribution in [0.15, 0.2) is 30.6 Å². The Hall–Kier alpha value is -2.37. The van der Waals surface area contributed by atoms with Gasteiger partial charge in [0.15, 0.2) is 0 Å². The molecule has 1 saturated heterocycles. The van der Waals surface area contributed by atoms with Crippen molar-refractivity contribution in [2.75, 3.05) is 0 Å². The maximum Gasteiger partial charge on any atom is 0.325 e. The number of imide groups is 1. The zero-order chi connectivity index (χ0) is 16.0. The van der Waals surface area contributed by atoms with Crippen molar-refractivity contribution in [2.45, 2.75) is 44.7 Å². The number of imidazole rings is 1. The molecule has 1 N–H and O–H groups in total. The molecule has 0 aromatic carbocycles. The fraction of sp³-hybridized carbons (Fsp3) is 0.471. The third kappa shape index (κ3) is 2.12. The van der Waals surface area contributed by atoms with Crippen molar-refractivity contribution in [1.29, 1.82) is 0 Å². The smallest absolute Gasteiger partial charge is 0.323 e. The second-order valence-electron chi connectivity index (χ2n) is 6.64. The van der Waals surface area contributed by atoms with E-state index in [1.165, 1.54) is 4.90 Å². The van der Waals surface area contributed by atoms with E-state index in [0.717, 1.165) is 37.0 Å². The molecule has 2 fully saturated rings. The van der Waals surface area contributed by atoms with E-state index in [1.807, 2.05) is 35.0 Å². The van der Waals surface area contributed by atoms with Crippen molar-refractivity contribution in [2.24, 2.45) is 5.92 Å². The lowest BCUT2D eigenvalue weighted by molar-refractivity contribution is -0.134. The van der Waals surface area contributed by atoms with Crippen LogP contribution in [-0.2, 0) is 11.3 Å². The molecule has 0 radical (unpaired) electrons. The molecule has 3 heterocycles. The predicted molar refractivity (Wildman–Crippen MR) is 84.6 cm³/mol. The molecule has 1 saturated carbocycles. The van der Waals surface area contributed by atoms with Gasteiger partial charge < -0.3 is 9.72 Å². The van der Waals surface area contributed by atoms with Crippen LogP contribution in [0.5, 0.6) is 0 Å². The molecule has 6 heteroatoms. The quantitative estimate of drug-likeness (QED) is 0.866. The highest BCUT2D eigenvalue weighted by Gasteiger charge is 2.54. The number of carbonyl (C=O) groups is 2. The van der Waals surface area contributed by atoms with Crippen molar-refractivity contribution in [3.05, 3.63) is 36.3 Å². The number of aromatic nitrogens is 2. The second kappa shape index (κ2) is 5.08. The summed E-state index contributed by atoms with van der Waals surface area (Å²) in [5.41, 5.74) is 0.838. The van der Waals surface area contributed by atoms with Crippen LogP contribution < -0.4 is 5.32 Å². The van der Waals surface area contributed by atoms with E-state index < -0.39 is 5.54 Å². The van der Waals surface area contributed by atoms with Crippen LogP contribution in [-0.4, -0.2) is 31.8 Å². The Balaban J connectivity index is 1.61. The van der Waals surface area contributed by atoms with Gasteiger partial charge in [-0.15, -0.1) is 0 Å². The van der Waals surface area contributed by atoms with E-state index in [9.17, 15) is 9.59 Å². The minimum atomic E-state index is -0.700. The molecule has 4 rings (SSSR count). The Labute approximate surface area is 134 Å². The minimum Gasteiger partial charge on any atom is -0.323 e. The SMILES string of the molecule is C[C@H]1CCCC[C@@]12NC(=O)N(Cc1cn3ccccc3n1)C2=O. The fourth-order valence-electron chi connectivity index (χ4n) is 3.86. The lowest BCUT2D eigenvalue weighted by Crippen LogP contribution is -2.53. The molecule has 0 bridgehead atoms. The Bertz CT molecular complexity index is 751. The molecule has 23 heavy (non-hydrogen) atoms. The minimum absolute atomic E-state index is 0.0910. The first-order valence-electron chi connectivity index (χ1n) is 8.17. The molecule has 1 aliphatic carbocycles. The summed E-state index contributed by atoms with van der Waals surface area (Å²) in [5, 5.41) is 2.98. The van der Waals surface area contributed by atoms with Gasteiger partial charge in [-0.05, 0) is 30.9 Å². The zero-order valence-corrected chi connectivity index (χ0v) is 13.2. The van der Waals surface area contributed by atoms with Crippen molar-refractivity contribution >= 4 is 17.6 Å². The zero-order valence-electron chi connectivity index (χ0n) is 13.2. The summed E-state index contributed by atoms with van der Waals surface area (Å²) in [6, 6.07) is 5.45. The number of pyridine rings is 1. The fourth-order valence-corrected chi connectivity index (χ4v) is 3.86. The molecule has 2 aromatic rings. The van der Waals surface area contributed by atoms with Gasteiger partial charge in [-0.3, -0.25) is 9.69 Å². The largest absolute Gasteiger partial charge is 0.325 e. The van der Waals surface area contributed by atoms with Crippen molar-refractivity contribution in [3.8, 4) is 0 Å². The number of amides is 3. The summed E-state index contributed by atoms with van der Waals surface area (Å²) in [5.74, 6) is 0.0884. The van der Waals surface area contributed by atoms with Crippen LogP contribution in [0.4, 0.5) is 4.79 Å². The average Bonchev–Trinajstić information content (AvgIpc) is 3.05. The Kier molecular flexibility index (Phi) is 3.14. The van der Waals surface area contributed by atoms with Crippen LogP contribution in [0.2, 0.25) is 0 Å². The van der Waals surface area contributed by atoms with Gasteiger partial charge in [0.25, 0.3) is 5.91 Å². The molecule has 6 nitrogen and oxygen atoms in total. The molecule has 0 unspecified atom stereocenters. The summed E-state index contributed by atoms with van der Waals surface area (Å²) in [4.78, 5) is 31.1. The van der Waals surface area contributed by atoms with Gasteiger partial charge in [0.1, 0.15) is 11.2 Å². The van der Waals surface area contributed by atoms with Gasteiger partial charge in [0, 0.05) is 12.4 Å². The molecular formula is C17H20N4O2. The normalized spacial score (nSPS) is 27.9. The van der Waals surface area contributed by atoms with E-state index in [4.69, 9.17) is 0 Å². The van der Waals surface area contributed by atoms with Gasteiger partial charge >= 0.3 is 6.03 Å². The molecule has 2 aromatic heterocycles. The standard InChI is InChI=1S/C17H20N4O2/c1-12-6-2-4-8-17(12)15(22)21(16(23)19-17)11-13-10-20-9-5-3-7-14(20)18-13/h3,5,7,9-10,12H,2,4,6,8,11H2,1H3,(H,19,23)/t12-,17+/m0/s1. The van der Waals surface area contributed by atoms with Gasteiger partial charge in [0.2, 0.25) is 0 Å². The Morgan fingerprint density at radius 1 is 1.35 bits per heavy atom. The van der Waals surface area contributed by atoms with Gasteiger partial charge in [-0.1, -0.05) is 25.8 Å². The highest BCUT2D eigenvalue weighted by atomic mass is 16.2. The first kappa shape index (κ1) is 14.2. The number of nitrogens with zero attached hydrogens (tertiary/aromatic N) is 3. The number of fused-ring (bicyclic) bond motifs is 1. The van der Waals surface area contributed by atoms with Crippen LogP contribution >= 0.6 is 0 Å². The molecule has 120 valence electrons. The van der Waals surface area contributed by atoms with Crippen LogP contribution in [0.3, 0.4) is 0 Å². The third-order valence-corrected chi connectivity index (χ3v) is 5.24. The Morgan fingerprint density at radius 2 is 2.22 bits per heavy atom. The Morgan fingerprint density at radius 3 is 3.00 bits per heavy atom. The van der Waals surface area contributed by atoms with Crippen molar-refractivity contribution < 1.29 is 9.59 Å². The summed E-state index contributed by atoms with van der Waals surface area (Å²) in [6.45, 7) is 2.28. The highest BCUT2D eigenvalue weighted by molar-refractivity contribution is 6.07. The van der Waals surface area contributed by atoms with Gasteiger partial charge in [0.05, 0.1) is 12.2 Å². The summed E-state index contributed by atoms with van der Waals surface area (Å²) in [7, 11) is 0. The maximum atomic E-state index is 12.9. The molecule has 2 aliphatic rings. The van der Waals surface area contributed by atoms with E-state index in [1.54, 1.807) is 0 Å². The van der Waals surface area contributed by atoms with E-state index in [2.05, 4.69) is 17.2 Å². The lowest BCUT2D eigenvalue weighted by atomic mass is 9.73. The lowest BCUT2D eigenvalue weighted by Gasteiger charge is -2.36. The number of nitrogens with one attached hydrogen (secondary N) is 1. The van der Waals surface area contributed by atoms with Crippen LogP contribution in [0.1, 0.15) is 38.3 Å². The number of hydrogen-bond donors (Lipinski definition) is 1. The summed E-state index contributed by atoms with van der Waals surface area (Å²) >= 11 is 0. The molecule has 1 aliphatic heterocycles. The number of carbonyl (C=O) groups excluding carboxylic acids is 2. The molecular weight excluding hydrogens is 292 g/mol. The van der Waals surface area contributed by atoms with Crippen molar-refractivity contribution in [1.82, 2.24) is 19.6 Å². The average molecular weight is 312 g/mol. The van der Waals surface area contributed by atoms with E-state index in [0.29, 0.717) is 0 Å². The molecule has 1 spiro atoms. The number of urea groups is 1. The van der Waals surface area contributed by atoms with Gasteiger partial charge in [-0.25, -0.2) is 9.78 Å². The highest BCUT2D eigenvalue weighted by Crippen LogP contribution is 2.38. The monoisotopic (exact) mass is 312 g/mol. The van der Waals surface area contributed by atoms with E-state index in [-0.39, 0.29) is 24.4 Å². The first-order valence-corrected chi connectivity index (χ1v) is 8.17. The summed E-state index contributed by atoms with van der Waals surface area (Å²) in [6.07, 6.45) is 7.60. The van der Waals surface area contributed by atoms with Gasteiger partial charge in [-0.2, -0.15) is 0 Å².